The summed E-state index contributed by atoms with van der Waals surface area (Å²) < 4.78 is 1.52. The average Bonchev–Trinajstić information content (AvgIpc) is 1.61. The van der Waals surface area contributed by atoms with Crippen LogP contribution >= 0.6 is 0 Å². The molecule has 0 nitrogen and oxygen atoms in total. The van der Waals surface area contributed by atoms with Crippen molar-refractivity contribution in [2.24, 2.45) is 0 Å². The number of hydrogen-bond acceptors (Lipinski definition) is 0. The van der Waals surface area contributed by atoms with Crippen molar-refractivity contribution >= 4 is 0 Å². The molecule has 0 radical (unpaired) electrons. The van der Waals surface area contributed by atoms with E-state index in [1.807, 2.05) is 0 Å². The summed E-state index contributed by atoms with van der Waals surface area (Å²) in [5.41, 5.74) is 0. The van der Waals surface area contributed by atoms with Crippen LogP contribution in [0.2, 0.25) is 3.98 Å². The van der Waals surface area contributed by atoms with Crippen molar-refractivity contribution in [2.45, 2.75) is 30.2 Å². The Labute approximate surface area is 56.0 Å². The summed E-state index contributed by atoms with van der Waals surface area (Å²) >= 11 is 1.22. The SMILES string of the molecule is CCCC[CH2][Cd]. The summed E-state index contributed by atoms with van der Waals surface area (Å²) in [6.45, 7) is 2.25. The molecule has 0 aromatic heterocycles. The van der Waals surface area contributed by atoms with E-state index in [4.69, 9.17) is 0 Å². The van der Waals surface area contributed by atoms with Gasteiger partial charge in [0.2, 0.25) is 0 Å². The van der Waals surface area contributed by atoms with Gasteiger partial charge in [-0.2, -0.15) is 0 Å². The van der Waals surface area contributed by atoms with E-state index in [1.165, 1.54) is 49.0 Å². The first-order valence-corrected chi connectivity index (χ1v) is 5.56. The van der Waals surface area contributed by atoms with Crippen molar-refractivity contribution in [3.63, 3.8) is 0 Å². The van der Waals surface area contributed by atoms with Gasteiger partial charge < -0.3 is 0 Å². The van der Waals surface area contributed by atoms with Crippen molar-refractivity contribution in [2.75, 3.05) is 0 Å². The standard InChI is InChI=1S/C5H11.Cd/c1-3-5-4-2;/h1,3-5H2,2H3;. The predicted molar refractivity (Wildman–Crippen MR) is 24.3 cm³/mol. The normalized spacial score (nSPS) is 9.17. The molecule has 0 aliphatic rings. The molecule has 1 heteroatoms. The first-order valence-electron chi connectivity index (χ1n) is 2.71. The van der Waals surface area contributed by atoms with Crippen molar-refractivity contribution in [3.05, 3.63) is 0 Å². The predicted octanol–water partition coefficient (Wildman–Crippen LogP) is 2.14. The van der Waals surface area contributed by atoms with E-state index >= 15 is 0 Å². The fraction of sp³-hybridized carbons (Fsp3) is 1.00. The minimum absolute atomic E-state index is 1.22. The number of unbranched alkanes of at least 4 members (excludes halogenated alkanes) is 2. The molecule has 0 saturated heterocycles. The Kier molecular flexibility index (Phi) is 6.83. The maximum absolute atomic E-state index is 2.25. The molecule has 0 heterocycles. The first kappa shape index (κ1) is 6.92. The van der Waals surface area contributed by atoms with Crippen molar-refractivity contribution in [1.29, 1.82) is 0 Å². The molecular formula is C5H11Cd. The fourth-order valence-corrected chi connectivity index (χ4v) is 1.44. The Morgan fingerprint density at radius 1 is 1.33 bits per heavy atom. The minimum atomic E-state index is 1.22. The summed E-state index contributed by atoms with van der Waals surface area (Å²) in [5.74, 6) is 0. The van der Waals surface area contributed by atoms with Crippen LogP contribution in [-0.4, -0.2) is 0 Å². The third-order valence-corrected chi connectivity index (χ3v) is 2.28. The molecule has 0 aromatic rings. The van der Waals surface area contributed by atoms with Crippen LogP contribution in [0.3, 0.4) is 0 Å². The first-order chi connectivity index (χ1) is 2.91. The van der Waals surface area contributed by atoms with E-state index in [2.05, 4.69) is 6.92 Å². The Bertz CT molecular complexity index is 15.9. The summed E-state index contributed by atoms with van der Waals surface area (Å²) in [6.07, 6.45) is 4.33. The number of hydrogen-bond donors (Lipinski definition) is 0. The van der Waals surface area contributed by atoms with Gasteiger partial charge in [0.05, 0.1) is 0 Å². The summed E-state index contributed by atoms with van der Waals surface area (Å²) in [4.78, 5) is 0. The topological polar surface area (TPSA) is 0 Å². The summed E-state index contributed by atoms with van der Waals surface area (Å²) in [7, 11) is 0. The van der Waals surface area contributed by atoms with Gasteiger partial charge in [0.25, 0.3) is 0 Å². The van der Waals surface area contributed by atoms with E-state index in [0.29, 0.717) is 0 Å². The van der Waals surface area contributed by atoms with Gasteiger partial charge in [-0.25, -0.2) is 0 Å². The van der Waals surface area contributed by atoms with Crippen LogP contribution in [0.4, 0.5) is 0 Å². The summed E-state index contributed by atoms with van der Waals surface area (Å²) in [6, 6.07) is 0. The van der Waals surface area contributed by atoms with Crippen LogP contribution in [0, 0.1) is 0 Å². The third-order valence-electron chi connectivity index (χ3n) is 0.854. The maximum atomic E-state index is 2.25. The molecule has 0 atom stereocenters. The molecular weight excluding hydrogens is 172 g/mol. The quantitative estimate of drug-likeness (QED) is 0.465. The molecule has 6 heavy (non-hydrogen) atoms. The molecule has 33 valence electrons. The zero-order valence-electron chi connectivity index (χ0n) is 4.54. The second kappa shape index (κ2) is 5.92. The van der Waals surface area contributed by atoms with Crippen molar-refractivity contribution < 1.29 is 25.8 Å². The van der Waals surface area contributed by atoms with E-state index in [-0.39, 0.29) is 0 Å². The molecule has 0 saturated carbocycles. The van der Waals surface area contributed by atoms with Gasteiger partial charge in [-0.1, -0.05) is 0 Å². The van der Waals surface area contributed by atoms with Gasteiger partial charge in [0.15, 0.2) is 0 Å². The van der Waals surface area contributed by atoms with Crippen molar-refractivity contribution in [1.82, 2.24) is 0 Å². The van der Waals surface area contributed by atoms with Crippen LogP contribution in [0.15, 0.2) is 0 Å². The Hall–Kier alpha value is 0.922. The van der Waals surface area contributed by atoms with E-state index in [0.717, 1.165) is 0 Å². The van der Waals surface area contributed by atoms with E-state index < -0.39 is 0 Å². The summed E-state index contributed by atoms with van der Waals surface area (Å²) in [5, 5.41) is 0. The van der Waals surface area contributed by atoms with Crippen LogP contribution in [0.5, 0.6) is 0 Å². The Morgan fingerprint density at radius 2 is 2.00 bits per heavy atom. The van der Waals surface area contributed by atoms with Gasteiger partial charge >= 0.3 is 55.9 Å². The van der Waals surface area contributed by atoms with E-state index in [1.54, 1.807) is 0 Å². The second-order valence-corrected chi connectivity index (χ2v) is 3.58. The van der Waals surface area contributed by atoms with Gasteiger partial charge in [0.1, 0.15) is 0 Å². The van der Waals surface area contributed by atoms with Crippen LogP contribution in [-0.2, 0) is 25.8 Å². The molecule has 0 aromatic carbocycles. The van der Waals surface area contributed by atoms with Gasteiger partial charge in [-0.15, -0.1) is 0 Å². The van der Waals surface area contributed by atoms with Crippen LogP contribution < -0.4 is 0 Å². The van der Waals surface area contributed by atoms with Crippen molar-refractivity contribution in [3.8, 4) is 0 Å². The zero-order valence-corrected chi connectivity index (χ0v) is 8.57. The molecule has 0 amide bonds. The third kappa shape index (κ3) is 4.92. The Morgan fingerprint density at radius 3 is 2.17 bits per heavy atom. The van der Waals surface area contributed by atoms with Gasteiger partial charge in [-0.3, -0.25) is 0 Å². The Balaban J connectivity index is 2.34. The second-order valence-electron chi connectivity index (χ2n) is 1.56. The zero-order chi connectivity index (χ0) is 4.83. The molecule has 0 aliphatic heterocycles. The number of rotatable bonds is 3. The molecule has 0 spiro atoms. The molecule has 0 bridgehead atoms. The molecule has 0 unspecified atom stereocenters. The van der Waals surface area contributed by atoms with Crippen LogP contribution in [0.1, 0.15) is 26.2 Å². The monoisotopic (exact) mass is 185 g/mol. The molecule has 0 N–H and O–H groups in total. The molecule has 0 aliphatic carbocycles. The van der Waals surface area contributed by atoms with Gasteiger partial charge in [-0.05, 0) is 0 Å². The molecule has 0 fully saturated rings. The molecule has 0 rings (SSSR count). The van der Waals surface area contributed by atoms with Gasteiger partial charge in [0, 0.05) is 0 Å². The van der Waals surface area contributed by atoms with Crippen LogP contribution in [0.25, 0.3) is 0 Å². The van der Waals surface area contributed by atoms with E-state index in [9.17, 15) is 0 Å². The average molecular weight is 184 g/mol. The fourth-order valence-electron chi connectivity index (χ4n) is 0.427.